The van der Waals surface area contributed by atoms with Crippen molar-refractivity contribution < 1.29 is 13.2 Å². The average molecular weight is 237 g/mol. The van der Waals surface area contributed by atoms with Gasteiger partial charge in [0.2, 0.25) is 0 Å². The molecule has 84 valence electrons. The van der Waals surface area contributed by atoms with Crippen molar-refractivity contribution in [2.75, 3.05) is 0 Å². The summed E-state index contributed by atoms with van der Waals surface area (Å²) >= 11 is 5.73. The predicted octanol–water partition coefficient (Wildman–Crippen LogP) is 4.54. The molecular formula is C11H12ClF3. The van der Waals surface area contributed by atoms with Gasteiger partial charge in [0.05, 0.1) is 11.8 Å². The molecule has 1 unspecified atom stereocenters. The van der Waals surface area contributed by atoms with E-state index in [2.05, 4.69) is 0 Å². The van der Waals surface area contributed by atoms with Crippen LogP contribution < -0.4 is 0 Å². The van der Waals surface area contributed by atoms with Crippen molar-refractivity contribution in [2.24, 2.45) is 0 Å². The number of alkyl halides is 4. The summed E-state index contributed by atoms with van der Waals surface area (Å²) < 4.78 is 36.4. The maximum absolute atomic E-state index is 12.1. The van der Waals surface area contributed by atoms with Crippen LogP contribution in [-0.4, -0.2) is 6.18 Å². The van der Waals surface area contributed by atoms with Gasteiger partial charge in [-0.15, -0.1) is 11.6 Å². The van der Waals surface area contributed by atoms with E-state index < -0.39 is 18.0 Å². The maximum atomic E-state index is 12.1. The van der Waals surface area contributed by atoms with Gasteiger partial charge >= 0.3 is 6.18 Å². The normalized spacial score (nSPS) is 14.0. The molecule has 0 saturated heterocycles. The topological polar surface area (TPSA) is 0 Å². The van der Waals surface area contributed by atoms with Crippen molar-refractivity contribution in [3.63, 3.8) is 0 Å². The molecule has 1 aromatic rings. The number of rotatable bonds is 2. The Hall–Kier alpha value is -0.700. The van der Waals surface area contributed by atoms with Gasteiger partial charge < -0.3 is 0 Å². The lowest BCUT2D eigenvalue weighted by molar-refractivity contribution is -0.134. The molecule has 0 aromatic heterocycles. The minimum Gasteiger partial charge on any atom is -0.171 e. The van der Waals surface area contributed by atoms with Crippen molar-refractivity contribution in [3.8, 4) is 0 Å². The summed E-state index contributed by atoms with van der Waals surface area (Å²) in [7, 11) is 0. The molecule has 0 aliphatic carbocycles. The lowest BCUT2D eigenvalue weighted by atomic mass is 10.0. The molecule has 0 aliphatic rings. The van der Waals surface area contributed by atoms with Gasteiger partial charge in [-0.3, -0.25) is 0 Å². The first kappa shape index (κ1) is 12.4. The van der Waals surface area contributed by atoms with Crippen LogP contribution in [0.4, 0.5) is 13.2 Å². The second-order valence-electron chi connectivity index (χ2n) is 3.65. The largest absolute Gasteiger partial charge is 0.390 e. The highest BCUT2D eigenvalue weighted by Crippen LogP contribution is 2.35. The van der Waals surface area contributed by atoms with E-state index in [1.54, 1.807) is 19.1 Å². The third-order valence-corrected chi connectivity index (χ3v) is 2.56. The van der Waals surface area contributed by atoms with E-state index in [1.165, 1.54) is 0 Å². The quantitative estimate of drug-likeness (QED) is 0.662. The first-order valence-electron chi connectivity index (χ1n) is 4.57. The first-order valence-corrected chi connectivity index (χ1v) is 5.01. The first-order chi connectivity index (χ1) is 6.79. The number of hydrogen-bond donors (Lipinski definition) is 0. The number of benzene rings is 1. The summed E-state index contributed by atoms with van der Waals surface area (Å²) in [6.07, 6.45) is -5.21. The molecule has 0 fully saturated rings. The van der Waals surface area contributed by atoms with Crippen molar-refractivity contribution in [1.29, 1.82) is 0 Å². The summed E-state index contributed by atoms with van der Waals surface area (Å²) in [4.78, 5) is 0. The molecule has 0 radical (unpaired) electrons. The Kier molecular flexibility index (Phi) is 3.66. The zero-order valence-electron chi connectivity index (χ0n) is 8.53. The van der Waals surface area contributed by atoms with Crippen LogP contribution in [0.15, 0.2) is 18.2 Å². The van der Waals surface area contributed by atoms with E-state index >= 15 is 0 Å². The van der Waals surface area contributed by atoms with Gasteiger partial charge in [-0.25, -0.2) is 0 Å². The van der Waals surface area contributed by atoms with Crippen molar-refractivity contribution >= 4 is 11.6 Å². The highest BCUT2D eigenvalue weighted by molar-refractivity contribution is 6.20. The van der Waals surface area contributed by atoms with Crippen molar-refractivity contribution in [2.45, 2.75) is 31.8 Å². The van der Waals surface area contributed by atoms with Crippen LogP contribution in [0.2, 0.25) is 0 Å². The summed E-state index contributed by atoms with van der Waals surface area (Å²) in [5.74, 6) is 0. The molecule has 0 N–H and O–H groups in total. The van der Waals surface area contributed by atoms with Gasteiger partial charge in [0.25, 0.3) is 0 Å². The lowest BCUT2D eigenvalue weighted by Gasteiger charge is -2.15. The van der Waals surface area contributed by atoms with Crippen LogP contribution in [0.3, 0.4) is 0 Å². The van der Waals surface area contributed by atoms with Crippen LogP contribution >= 0.6 is 11.6 Å². The zero-order valence-corrected chi connectivity index (χ0v) is 9.28. The highest BCUT2D eigenvalue weighted by atomic mass is 35.5. The number of aryl methyl sites for hydroxylation is 2. The highest BCUT2D eigenvalue weighted by Gasteiger charge is 2.32. The molecule has 0 amide bonds. The molecule has 0 aliphatic heterocycles. The second-order valence-corrected chi connectivity index (χ2v) is 4.17. The maximum Gasteiger partial charge on any atom is 0.390 e. The van der Waals surface area contributed by atoms with E-state index in [9.17, 15) is 13.2 Å². The van der Waals surface area contributed by atoms with E-state index in [0.29, 0.717) is 5.56 Å². The lowest BCUT2D eigenvalue weighted by Crippen LogP contribution is -2.11. The fourth-order valence-corrected chi connectivity index (χ4v) is 1.91. The zero-order chi connectivity index (χ0) is 11.6. The van der Waals surface area contributed by atoms with E-state index in [0.717, 1.165) is 11.1 Å². The van der Waals surface area contributed by atoms with Gasteiger partial charge in [-0.05, 0) is 25.0 Å². The van der Waals surface area contributed by atoms with Gasteiger partial charge in [0.15, 0.2) is 0 Å². The predicted molar refractivity (Wildman–Crippen MR) is 55.2 cm³/mol. The Morgan fingerprint density at radius 1 is 1.27 bits per heavy atom. The number of hydrogen-bond acceptors (Lipinski definition) is 0. The summed E-state index contributed by atoms with van der Waals surface area (Å²) in [6.45, 7) is 3.66. The second kappa shape index (κ2) is 4.44. The van der Waals surface area contributed by atoms with Crippen LogP contribution in [0, 0.1) is 13.8 Å². The molecule has 0 heterocycles. The SMILES string of the molecule is Cc1ccc(C(Cl)CC(F)(F)F)c(C)c1. The summed E-state index contributed by atoms with van der Waals surface area (Å²) in [5, 5.41) is -0.995. The van der Waals surface area contributed by atoms with Crippen LogP contribution in [0.5, 0.6) is 0 Å². The summed E-state index contributed by atoms with van der Waals surface area (Å²) in [5.41, 5.74) is 2.38. The molecule has 1 rings (SSSR count). The Balaban J connectivity index is 2.87. The molecule has 1 aromatic carbocycles. The molecule has 4 heteroatoms. The number of halogens is 4. The third-order valence-electron chi connectivity index (χ3n) is 2.17. The minimum absolute atomic E-state index is 0.555. The van der Waals surface area contributed by atoms with Crippen LogP contribution in [-0.2, 0) is 0 Å². The molecule has 15 heavy (non-hydrogen) atoms. The minimum atomic E-state index is -4.22. The Labute approximate surface area is 92.1 Å². The van der Waals surface area contributed by atoms with Gasteiger partial charge in [0, 0.05) is 0 Å². The average Bonchev–Trinajstić information content (AvgIpc) is 1.99. The smallest absolute Gasteiger partial charge is 0.171 e. The van der Waals surface area contributed by atoms with Crippen LogP contribution in [0.25, 0.3) is 0 Å². The summed E-state index contributed by atoms with van der Waals surface area (Å²) in [6, 6.07) is 5.27. The molecule has 0 saturated carbocycles. The Bertz CT molecular complexity index is 344. The molecular weight excluding hydrogens is 225 g/mol. The fraction of sp³-hybridized carbons (Fsp3) is 0.455. The molecule has 1 atom stereocenters. The van der Waals surface area contributed by atoms with Gasteiger partial charge in [-0.2, -0.15) is 13.2 Å². The molecule has 0 spiro atoms. The fourth-order valence-electron chi connectivity index (χ4n) is 1.49. The standard InChI is InChI=1S/C11H12ClF3/c1-7-3-4-9(8(2)5-7)10(12)6-11(13,14)15/h3-5,10H,6H2,1-2H3. The Morgan fingerprint density at radius 2 is 1.87 bits per heavy atom. The Morgan fingerprint density at radius 3 is 2.33 bits per heavy atom. The van der Waals surface area contributed by atoms with Gasteiger partial charge in [-0.1, -0.05) is 23.8 Å². The van der Waals surface area contributed by atoms with Crippen molar-refractivity contribution in [3.05, 3.63) is 34.9 Å². The van der Waals surface area contributed by atoms with Crippen molar-refractivity contribution in [1.82, 2.24) is 0 Å². The molecule has 0 bridgehead atoms. The van der Waals surface area contributed by atoms with E-state index in [-0.39, 0.29) is 0 Å². The van der Waals surface area contributed by atoms with E-state index in [1.807, 2.05) is 13.0 Å². The van der Waals surface area contributed by atoms with E-state index in [4.69, 9.17) is 11.6 Å². The molecule has 0 nitrogen and oxygen atoms in total. The van der Waals surface area contributed by atoms with Crippen LogP contribution in [0.1, 0.15) is 28.5 Å². The van der Waals surface area contributed by atoms with Gasteiger partial charge in [0.1, 0.15) is 0 Å². The third kappa shape index (κ3) is 3.74. The monoisotopic (exact) mass is 236 g/mol.